The molecule has 0 radical (unpaired) electrons. The Morgan fingerprint density at radius 3 is 2.77 bits per heavy atom. The van der Waals surface area contributed by atoms with Crippen LogP contribution in [-0.2, 0) is 31.4 Å². The molecule has 3 heterocycles. The molecule has 1 N–H and O–H groups in total. The number of carbonyl (C=O) groups is 2. The Bertz CT molecular complexity index is 1090. The number of aryl methyl sites for hydroxylation is 2. The van der Waals surface area contributed by atoms with Crippen LogP contribution in [0.4, 0.5) is 0 Å². The molecule has 0 bridgehead atoms. The third kappa shape index (κ3) is 4.29. The van der Waals surface area contributed by atoms with Crippen LogP contribution in [0.2, 0.25) is 0 Å². The summed E-state index contributed by atoms with van der Waals surface area (Å²) < 4.78 is 10.8. The van der Waals surface area contributed by atoms with Gasteiger partial charge in [-0.05, 0) is 35.6 Å². The highest BCUT2D eigenvalue weighted by Crippen LogP contribution is 2.29. The number of fused-ring (bicyclic) bond motifs is 1. The maximum absolute atomic E-state index is 13.2. The highest BCUT2D eigenvalue weighted by molar-refractivity contribution is 7.08. The summed E-state index contributed by atoms with van der Waals surface area (Å²) in [5.74, 6) is -0.0857. The third-order valence-electron chi connectivity index (χ3n) is 5.35. The van der Waals surface area contributed by atoms with Gasteiger partial charge >= 0.3 is 0 Å². The highest BCUT2D eigenvalue weighted by atomic mass is 32.1. The molecule has 0 spiro atoms. The van der Waals surface area contributed by atoms with Crippen LogP contribution < -0.4 is 10.1 Å². The van der Waals surface area contributed by atoms with E-state index in [0.29, 0.717) is 30.1 Å². The Labute approximate surface area is 184 Å². The largest absolute Gasteiger partial charge is 0.497 e. The molecule has 10 heteroatoms. The molecule has 0 saturated carbocycles. The molecule has 1 unspecified atom stereocenters. The van der Waals surface area contributed by atoms with Crippen LogP contribution in [0.15, 0.2) is 30.5 Å². The third-order valence-corrected chi connectivity index (χ3v) is 6.10. The van der Waals surface area contributed by atoms with Crippen molar-refractivity contribution in [1.29, 1.82) is 0 Å². The van der Waals surface area contributed by atoms with Gasteiger partial charge in [-0.15, -0.1) is 5.10 Å². The van der Waals surface area contributed by atoms with Crippen molar-refractivity contribution in [3.05, 3.63) is 57.9 Å². The van der Waals surface area contributed by atoms with E-state index in [1.165, 1.54) is 0 Å². The Morgan fingerprint density at radius 2 is 2.06 bits per heavy atom. The fourth-order valence-electron chi connectivity index (χ4n) is 3.71. The molecule has 2 amide bonds. The molecule has 0 saturated heterocycles. The predicted molar refractivity (Wildman–Crippen MR) is 115 cm³/mol. The van der Waals surface area contributed by atoms with Gasteiger partial charge in [0.15, 0.2) is 0 Å². The zero-order valence-corrected chi connectivity index (χ0v) is 18.5. The van der Waals surface area contributed by atoms with Gasteiger partial charge in [-0.1, -0.05) is 23.5 Å². The van der Waals surface area contributed by atoms with Gasteiger partial charge in [0.2, 0.25) is 5.91 Å². The normalized spacial score (nSPS) is 15.5. The van der Waals surface area contributed by atoms with Crippen LogP contribution in [0, 0.1) is 0 Å². The first-order valence-electron chi connectivity index (χ1n) is 10.0. The van der Waals surface area contributed by atoms with Crippen LogP contribution in [0.3, 0.4) is 0 Å². The first-order chi connectivity index (χ1) is 15.0. The minimum Gasteiger partial charge on any atom is -0.497 e. The number of hydrogen-bond donors (Lipinski definition) is 1. The zero-order chi connectivity index (χ0) is 22.0. The molecule has 31 heavy (non-hydrogen) atoms. The molecule has 9 nitrogen and oxygen atoms in total. The van der Waals surface area contributed by atoms with E-state index >= 15 is 0 Å². The summed E-state index contributed by atoms with van der Waals surface area (Å²) >= 11 is 1.10. The lowest BCUT2D eigenvalue weighted by Crippen LogP contribution is -2.43. The molecular formula is C21H24N6O3S. The molecule has 1 aliphatic rings. The van der Waals surface area contributed by atoms with E-state index in [9.17, 15) is 9.59 Å². The number of hydrogen-bond acceptors (Lipinski definition) is 7. The van der Waals surface area contributed by atoms with Gasteiger partial charge < -0.3 is 15.0 Å². The Morgan fingerprint density at radius 1 is 1.29 bits per heavy atom. The van der Waals surface area contributed by atoms with E-state index in [2.05, 4.69) is 20.0 Å². The Balaban J connectivity index is 1.52. The Hall–Kier alpha value is -3.27. The van der Waals surface area contributed by atoms with Crippen LogP contribution in [0.5, 0.6) is 5.75 Å². The number of nitrogens with zero attached hydrogens (tertiary/aromatic N) is 5. The lowest BCUT2D eigenvalue weighted by Gasteiger charge is -2.31. The van der Waals surface area contributed by atoms with Gasteiger partial charge in [-0.3, -0.25) is 14.3 Å². The molecule has 2 aromatic heterocycles. The summed E-state index contributed by atoms with van der Waals surface area (Å²) in [5.41, 5.74) is 3.24. The summed E-state index contributed by atoms with van der Waals surface area (Å²) in [5, 5.41) is 11.5. The van der Waals surface area contributed by atoms with E-state index in [0.717, 1.165) is 34.1 Å². The smallest absolute Gasteiger partial charge is 0.267 e. The minimum atomic E-state index is -0.543. The van der Waals surface area contributed by atoms with Crippen molar-refractivity contribution >= 4 is 23.3 Å². The van der Waals surface area contributed by atoms with Crippen LogP contribution in [0.25, 0.3) is 0 Å². The molecule has 162 valence electrons. The van der Waals surface area contributed by atoms with Crippen LogP contribution >= 0.6 is 11.5 Å². The second-order valence-electron chi connectivity index (χ2n) is 7.42. The first kappa shape index (κ1) is 21.0. The molecule has 1 aliphatic heterocycles. The minimum absolute atomic E-state index is 0.144. The van der Waals surface area contributed by atoms with Crippen molar-refractivity contribution in [2.45, 2.75) is 32.4 Å². The zero-order valence-electron chi connectivity index (χ0n) is 17.7. The number of aromatic nitrogens is 4. The number of nitrogens with one attached hydrogen (secondary N) is 1. The molecule has 4 rings (SSSR count). The summed E-state index contributed by atoms with van der Waals surface area (Å²) in [7, 11) is 3.43. The quantitative estimate of drug-likeness (QED) is 0.628. The lowest BCUT2D eigenvalue weighted by molar-refractivity contribution is -0.123. The maximum atomic E-state index is 13.2. The second-order valence-corrected chi connectivity index (χ2v) is 8.17. The Kier molecular flexibility index (Phi) is 5.99. The van der Waals surface area contributed by atoms with E-state index in [1.54, 1.807) is 16.7 Å². The van der Waals surface area contributed by atoms with Gasteiger partial charge in [0.1, 0.15) is 10.6 Å². The number of rotatable bonds is 6. The topological polar surface area (TPSA) is 102 Å². The number of ether oxygens (including phenoxy) is 1. The number of amides is 2. The van der Waals surface area contributed by atoms with Gasteiger partial charge in [-0.2, -0.15) is 5.10 Å². The van der Waals surface area contributed by atoms with Crippen LogP contribution in [-0.4, -0.2) is 49.7 Å². The van der Waals surface area contributed by atoms with Crippen molar-refractivity contribution in [1.82, 2.24) is 29.6 Å². The highest BCUT2D eigenvalue weighted by Gasteiger charge is 2.36. The summed E-state index contributed by atoms with van der Waals surface area (Å²) in [6.45, 7) is 3.00. The van der Waals surface area contributed by atoms with Gasteiger partial charge in [0.25, 0.3) is 5.91 Å². The number of methoxy groups -OCH3 is 1. The van der Waals surface area contributed by atoms with E-state index in [1.807, 2.05) is 44.4 Å². The van der Waals surface area contributed by atoms with Gasteiger partial charge in [0.05, 0.1) is 24.4 Å². The first-order valence-corrected chi connectivity index (χ1v) is 10.8. The average molecular weight is 441 g/mol. The summed E-state index contributed by atoms with van der Waals surface area (Å²) in [6.07, 6.45) is 2.50. The molecule has 3 aromatic rings. The van der Waals surface area contributed by atoms with Crippen molar-refractivity contribution in [2.75, 3.05) is 13.7 Å². The SMILES string of the molecule is CCc1nnsc1C(=O)N1Cc2cn(C)nc2C(C(=O)NCc2ccc(OC)cc2)C1. The standard InChI is InChI=1S/C21H24N6O3S/c1-4-17-19(31-25-23-17)21(29)27-11-14-10-26(2)24-18(14)16(12-27)20(28)22-9-13-5-7-15(30-3)8-6-13/h5-8,10,16H,4,9,11-12H2,1-3H3,(H,22,28). The summed E-state index contributed by atoms with van der Waals surface area (Å²) in [6, 6.07) is 7.53. The fourth-order valence-corrected chi connectivity index (χ4v) is 4.43. The monoisotopic (exact) mass is 440 g/mol. The summed E-state index contributed by atoms with van der Waals surface area (Å²) in [4.78, 5) is 28.5. The van der Waals surface area contributed by atoms with Crippen molar-refractivity contribution in [3.8, 4) is 5.75 Å². The predicted octanol–water partition coefficient (Wildman–Crippen LogP) is 1.90. The number of carbonyl (C=O) groups excluding carboxylic acids is 2. The molecule has 1 aromatic carbocycles. The second kappa shape index (κ2) is 8.84. The molecule has 1 atom stereocenters. The van der Waals surface area contributed by atoms with E-state index in [4.69, 9.17) is 4.74 Å². The van der Waals surface area contributed by atoms with E-state index in [-0.39, 0.29) is 18.4 Å². The lowest BCUT2D eigenvalue weighted by atomic mass is 9.95. The van der Waals surface area contributed by atoms with Crippen molar-refractivity contribution < 1.29 is 14.3 Å². The maximum Gasteiger partial charge on any atom is 0.267 e. The number of benzene rings is 1. The van der Waals surface area contributed by atoms with Crippen molar-refractivity contribution in [3.63, 3.8) is 0 Å². The van der Waals surface area contributed by atoms with E-state index < -0.39 is 5.92 Å². The van der Waals surface area contributed by atoms with Crippen LogP contribution in [0.1, 0.15) is 45.0 Å². The molecular weight excluding hydrogens is 416 g/mol. The molecule has 0 aliphatic carbocycles. The van der Waals surface area contributed by atoms with Gasteiger partial charge in [-0.25, -0.2) is 0 Å². The average Bonchev–Trinajstić information content (AvgIpc) is 3.41. The fraction of sp³-hybridized carbons (Fsp3) is 0.381. The molecule has 0 fully saturated rings. The van der Waals surface area contributed by atoms with Gasteiger partial charge in [0, 0.05) is 38.4 Å². The van der Waals surface area contributed by atoms with Crippen molar-refractivity contribution in [2.24, 2.45) is 7.05 Å².